The third-order valence-electron chi connectivity index (χ3n) is 5.85. The van der Waals surface area contributed by atoms with Crippen LogP contribution in [0.2, 0.25) is 0 Å². The molecular weight excluding hydrogens is 742 g/mol. The molecule has 0 bridgehead atoms. The summed E-state index contributed by atoms with van der Waals surface area (Å²) < 4.78 is 131. The van der Waals surface area contributed by atoms with Gasteiger partial charge in [0, 0.05) is 0 Å². The van der Waals surface area contributed by atoms with Crippen molar-refractivity contribution >= 4 is 26.1 Å². The molecule has 0 aliphatic heterocycles. The van der Waals surface area contributed by atoms with Crippen molar-refractivity contribution in [1.29, 1.82) is 0 Å². The van der Waals surface area contributed by atoms with E-state index in [0.29, 0.717) is 5.66 Å². The van der Waals surface area contributed by atoms with Gasteiger partial charge in [-0.3, -0.25) is 0 Å². The van der Waals surface area contributed by atoms with Crippen molar-refractivity contribution in [2.45, 2.75) is 12.6 Å². The van der Waals surface area contributed by atoms with Crippen LogP contribution in [-0.2, 0) is 26.2 Å². The Morgan fingerprint density at radius 2 is 0.977 bits per heavy atom. The molecule has 1 atom stereocenters. The number of hydrogen-bond acceptors (Lipinski definition) is 0. The first-order valence-electron chi connectivity index (χ1n) is 11.7. The van der Waals surface area contributed by atoms with Crippen molar-refractivity contribution in [1.82, 2.24) is 0 Å². The summed E-state index contributed by atoms with van der Waals surface area (Å²) in [4.78, 5) is 0. The van der Waals surface area contributed by atoms with Crippen LogP contribution in [0.5, 0.6) is 0 Å². The van der Waals surface area contributed by atoms with Gasteiger partial charge in [-0.1, -0.05) is 13.0 Å². The standard InChI is InChI=1S/C12BF10.C12H14P.C5H5.2ClH.Zr/c14-3-1(4(15)8(19)11(22)7(3)18)13-2-5(16)9(20)12(23)10(21)6(2)17;1-9-8-10-6-4-5-7-11(10)12(9)13(2)3;1-2-4-5-3-1;;;/h;4-7,12H,1-3H3;1-5H;2*1H;/q;2*-1;;;+4/p-2. The van der Waals surface area contributed by atoms with Crippen molar-refractivity contribution in [2.75, 3.05) is 13.3 Å². The molecule has 0 N–H and O–H groups in total. The van der Waals surface area contributed by atoms with E-state index >= 15 is 0 Å². The van der Waals surface area contributed by atoms with E-state index in [-0.39, 0.29) is 66.2 Å². The first-order chi connectivity index (χ1) is 19.3. The molecular formula is C29H19BCl2F10PZr. The average molecular weight is 761 g/mol. The smallest absolute Gasteiger partial charge is 1.00 e. The van der Waals surface area contributed by atoms with E-state index < -0.39 is 69.1 Å². The summed E-state index contributed by atoms with van der Waals surface area (Å²) in [6.07, 6.45) is 3.46. The molecule has 44 heavy (non-hydrogen) atoms. The molecule has 0 amide bonds. The van der Waals surface area contributed by atoms with E-state index in [1.807, 2.05) is 30.3 Å². The summed E-state index contributed by atoms with van der Waals surface area (Å²) in [6.45, 7) is 6.88. The number of benzene rings is 3. The van der Waals surface area contributed by atoms with Crippen LogP contribution in [0.15, 0.2) is 60.2 Å². The van der Waals surface area contributed by atoms with Gasteiger partial charge >= 0.3 is 26.2 Å². The second-order valence-corrected chi connectivity index (χ2v) is 11.3. The van der Waals surface area contributed by atoms with E-state index in [9.17, 15) is 43.9 Å². The van der Waals surface area contributed by atoms with E-state index in [0.717, 1.165) is 0 Å². The maximum absolute atomic E-state index is 13.4. The summed E-state index contributed by atoms with van der Waals surface area (Å²) in [7, 11) is -0.296. The average Bonchev–Trinajstić information content (AvgIpc) is 3.64. The zero-order chi connectivity index (χ0) is 30.6. The van der Waals surface area contributed by atoms with Crippen molar-refractivity contribution < 1.29 is 94.9 Å². The Morgan fingerprint density at radius 3 is 1.32 bits per heavy atom. The second-order valence-electron chi connectivity index (χ2n) is 8.84. The van der Waals surface area contributed by atoms with Crippen LogP contribution >= 0.6 is 7.92 Å². The molecule has 0 saturated heterocycles. The predicted molar refractivity (Wildman–Crippen MR) is 139 cm³/mol. The predicted octanol–water partition coefficient (Wildman–Crippen LogP) is 1.72. The fourth-order valence-corrected chi connectivity index (χ4v) is 5.61. The van der Waals surface area contributed by atoms with Gasteiger partial charge in [-0.2, -0.15) is 35.9 Å². The normalized spacial score (nSPS) is 12.7. The van der Waals surface area contributed by atoms with Gasteiger partial charge < -0.3 is 24.8 Å². The molecule has 4 aromatic carbocycles. The number of hydrogen-bond donors (Lipinski definition) is 0. The van der Waals surface area contributed by atoms with Crippen LogP contribution in [0.1, 0.15) is 23.7 Å². The Bertz CT molecular complexity index is 1440. The maximum atomic E-state index is 13.4. The molecule has 0 nitrogen and oxygen atoms in total. The number of halogens is 12. The third kappa shape index (κ3) is 9.05. The molecule has 1 aliphatic rings. The van der Waals surface area contributed by atoms with E-state index in [1.165, 1.54) is 16.7 Å². The second kappa shape index (κ2) is 18.2. The van der Waals surface area contributed by atoms with Gasteiger partial charge in [-0.25, -0.2) is 56.0 Å². The fourth-order valence-electron chi connectivity index (χ4n) is 3.99. The molecule has 0 saturated carbocycles. The Balaban J connectivity index is 0.000000741. The topological polar surface area (TPSA) is 0 Å². The zero-order valence-electron chi connectivity index (χ0n) is 22.8. The Labute approximate surface area is 281 Å². The third-order valence-corrected chi connectivity index (χ3v) is 7.54. The zero-order valence-corrected chi connectivity index (χ0v) is 27.7. The van der Waals surface area contributed by atoms with E-state index in [4.69, 9.17) is 0 Å². The minimum absolute atomic E-state index is 0. The molecule has 0 fully saturated rings. The number of rotatable bonds is 3. The quantitative estimate of drug-likeness (QED) is 0.0747. The fraction of sp³-hybridized carbons (Fsp3) is 0.138. The summed E-state index contributed by atoms with van der Waals surface area (Å²) in [5.41, 5.74) is 1.15. The van der Waals surface area contributed by atoms with Gasteiger partial charge in [0.05, 0.1) is 0 Å². The molecule has 1 unspecified atom stereocenters. The SMILES string of the molecule is CC1=[C-]c2ccccc2C1P(C)C.Fc1c(F)c(F)c([B]c2c(F)c(F)c(F)c(F)c2F)c(F)c1F.[Cl-].[Cl-].[Zr+4].c1cc[cH-]c1. The van der Waals surface area contributed by atoms with Crippen LogP contribution in [0, 0.1) is 64.2 Å². The van der Waals surface area contributed by atoms with Gasteiger partial charge in [0.25, 0.3) is 0 Å². The largest absolute Gasteiger partial charge is 4.00 e. The van der Waals surface area contributed by atoms with Crippen LogP contribution in [0.3, 0.4) is 0 Å². The Morgan fingerprint density at radius 1 is 0.614 bits per heavy atom. The summed E-state index contributed by atoms with van der Waals surface area (Å²) >= 11 is 0. The first kappa shape index (κ1) is 42.0. The van der Waals surface area contributed by atoms with Gasteiger partial charge in [0.15, 0.2) is 58.2 Å². The van der Waals surface area contributed by atoms with Gasteiger partial charge in [-0.05, 0) is 29.9 Å². The van der Waals surface area contributed by atoms with Crippen molar-refractivity contribution in [2.24, 2.45) is 0 Å². The summed E-state index contributed by atoms with van der Waals surface area (Å²) in [5.74, 6) is -24.9. The van der Waals surface area contributed by atoms with Crippen LogP contribution in [0.25, 0.3) is 0 Å². The summed E-state index contributed by atoms with van der Waals surface area (Å²) in [6, 6.07) is 18.6. The molecule has 231 valence electrons. The monoisotopic (exact) mass is 759 g/mol. The molecule has 0 spiro atoms. The van der Waals surface area contributed by atoms with Gasteiger partial charge in [0.1, 0.15) is 0 Å². The van der Waals surface area contributed by atoms with E-state index in [2.05, 4.69) is 50.6 Å². The Hall–Kier alpha value is -1.99. The number of fused-ring (bicyclic) bond motifs is 1. The van der Waals surface area contributed by atoms with Gasteiger partial charge in [0.2, 0.25) is 7.28 Å². The molecule has 15 heteroatoms. The molecule has 5 rings (SSSR count). The molecule has 4 aromatic rings. The van der Waals surface area contributed by atoms with Crippen molar-refractivity contribution in [3.05, 3.63) is 136 Å². The molecule has 0 aromatic heterocycles. The van der Waals surface area contributed by atoms with Crippen molar-refractivity contribution in [3.8, 4) is 0 Å². The minimum atomic E-state index is -2.55. The molecule has 1 aliphatic carbocycles. The van der Waals surface area contributed by atoms with Crippen LogP contribution in [0.4, 0.5) is 43.9 Å². The minimum Gasteiger partial charge on any atom is -1.00 e. The van der Waals surface area contributed by atoms with E-state index in [1.54, 1.807) is 0 Å². The van der Waals surface area contributed by atoms with Crippen LogP contribution in [-0.4, -0.2) is 20.6 Å². The summed E-state index contributed by atoms with van der Waals surface area (Å²) in [5, 5.41) is 0. The van der Waals surface area contributed by atoms with Crippen LogP contribution < -0.4 is 35.7 Å². The maximum Gasteiger partial charge on any atom is 4.00 e. The van der Waals surface area contributed by atoms with Crippen molar-refractivity contribution in [3.63, 3.8) is 0 Å². The Kier molecular flexibility index (Phi) is 17.4. The van der Waals surface area contributed by atoms with Gasteiger partial charge in [-0.15, -0.1) is 31.2 Å². The first-order valence-corrected chi connectivity index (χ1v) is 14.0. The molecule has 0 heterocycles. The molecule has 1 radical (unpaired) electrons. The number of allylic oxidation sites excluding steroid dienone is 1.